The van der Waals surface area contributed by atoms with Gasteiger partial charge in [0.1, 0.15) is 0 Å². The summed E-state index contributed by atoms with van der Waals surface area (Å²) in [5.74, 6) is -0.0852. The summed E-state index contributed by atoms with van der Waals surface area (Å²) in [6, 6.07) is 9.72. The zero-order valence-electron chi connectivity index (χ0n) is 16.3. The molecule has 1 N–H and O–H groups in total. The molecular formula is C22H28N2O2S. The lowest BCUT2D eigenvalue weighted by Crippen LogP contribution is -2.38. The minimum Gasteiger partial charge on any atom is -0.331 e. The normalized spacial score (nSPS) is 14.5. The Morgan fingerprint density at radius 1 is 1.22 bits per heavy atom. The van der Waals surface area contributed by atoms with Crippen LogP contribution in [0.25, 0.3) is 0 Å². The molecule has 144 valence electrons. The lowest BCUT2D eigenvalue weighted by atomic mass is 10.1. The summed E-state index contributed by atoms with van der Waals surface area (Å²) in [4.78, 5) is 28.6. The van der Waals surface area contributed by atoms with Crippen molar-refractivity contribution in [3.8, 4) is 0 Å². The Balaban J connectivity index is 1.83. The molecule has 1 aliphatic carbocycles. The first-order chi connectivity index (χ1) is 13.0. The Morgan fingerprint density at radius 3 is 2.59 bits per heavy atom. The van der Waals surface area contributed by atoms with E-state index >= 15 is 0 Å². The molecule has 1 aliphatic rings. The fourth-order valence-electron chi connectivity index (χ4n) is 3.49. The molecule has 1 fully saturated rings. The SMILES string of the molecule is Cc1ccsc1CN(C(=O)c1cccc(NC(=O)C(C)C)c1)C1CCCC1. The number of hydrogen-bond acceptors (Lipinski definition) is 3. The number of anilines is 1. The van der Waals surface area contributed by atoms with Gasteiger partial charge in [0.05, 0.1) is 6.54 Å². The average Bonchev–Trinajstić information content (AvgIpc) is 3.31. The second-order valence-corrected chi connectivity index (χ2v) is 8.62. The number of thiophene rings is 1. The van der Waals surface area contributed by atoms with Crippen molar-refractivity contribution in [1.29, 1.82) is 0 Å². The van der Waals surface area contributed by atoms with Gasteiger partial charge in [-0.25, -0.2) is 0 Å². The molecule has 5 heteroatoms. The Morgan fingerprint density at radius 2 is 1.96 bits per heavy atom. The highest BCUT2D eigenvalue weighted by Crippen LogP contribution is 2.29. The van der Waals surface area contributed by atoms with E-state index in [4.69, 9.17) is 0 Å². The average molecular weight is 385 g/mol. The fourth-order valence-corrected chi connectivity index (χ4v) is 4.39. The van der Waals surface area contributed by atoms with E-state index < -0.39 is 0 Å². The van der Waals surface area contributed by atoms with Gasteiger partial charge in [0.25, 0.3) is 5.91 Å². The highest BCUT2D eigenvalue weighted by molar-refractivity contribution is 7.10. The summed E-state index contributed by atoms with van der Waals surface area (Å²) in [7, 11) is 0. The molecule has 4 nitrogen and oxygen atoms in total. The van der Waals surface area contributed by atoms with Crippen LogP contribution in [0, 0.1) is 12.8 Å². The number of carbonyl (C=O) groups is 2. The molecular weight excluding hydrogens is 356 g/mol. The third kappa shape index (κ3) is 4.78. The molecule has 2 amide bonds. The van der Waals surface area contributed by atoms with Crippen LogP contribution in [-0.4, -0.2) is 22.8 Å². The highest BCUT2D eigenvalue weighted by Gasteiger charge is 2.28. The zero-order chi connectivity index (χ0) is 19.4. The Hall–Kier alpha value is -2.14. The second-order valence-electron chi connectivity index (χ2n) is 7.62. The first kappa shape index (κ1) is 19.6. The molecule has 3 rings (SSSR count). The largest absolute Gasteiger partial charge is 0.331 e. The van der Waals surface area contributed by atoms with E-state index in [0.29, 0.717) is 23.8 Å². The quantitative estimate of drug-likeness (QED) is 0.741. The molecule has 27 heavy (non-hydrogen) atoms. The van der Waals surface area contributed by atoms with Crippen molar-refractivity contribution >= 4 is 28.8 Å². The smallest absolute Gasteiger partial charge is 0.254 e. The number of nitrogens with zero attached hydrogens (tertiary/aromatic N) is 1. The minimum absolute atomic E-state index is 0.0403. The van der Waals surface area contributed by atoms with Gasteiger partial charge in [0, 0.05) is 28.1 Å². The number of amides is 2. The first-order valence-electron chi connectivity index (χ1n) is 9.70. The molecule has 0 aliphatic heterocycles. The molecule has 1 heterocycles. The zero-order valence-corrected chi connectivity index (χ0v) is 17.1. The number of aryl methyl sites for hydroxylation is 1. The van der Waals surface area contributed by atoms with Gasteiger partial charge in [-0.3, -0.25) is 9.59 Å². The van der Waals surface area contributed by atoms with E-state index in [9.17, 15) is 9.59 Å². The predicted octanol–water partition coefficient (Wildman–Crippen LogP) is 5.24. The minimum atomic E-state index is -0.0962. The number of rotatable bonds is 6. The molecule has 0 atom stereocenters. The van der Waals surface area contributed by atoms with Crippen LogP contribution in [-0.2, 0) is 11.3 Å². The molecule has 0 radical (unpaired) electrons. The number of benzene rings is 1. The molecule has 1 saturated carbocycles. The fraction of sp³-hybridized carbons (Fsp3) is 0.455. The summed E-state index contributed by atoms with van der Waals surface area (Å²) in [5, 5.41) is 4.98. The van der Waals surface area contributed by atoms with Gasteiger partial charge in [0.2, 0.25) is 5.91 Å². The van der Waals surface area contributed by atoms with Gasteiger partial charge >= 0.3 is 0 Å². The lowest BCUT2D eigenvalue weighted by molar-refractivity contribution is -0.118. The molecule has 0 saturated heterocycles. The van der Waals surface area contributed by atoms with E-state index in [-0.39, 0.29) is 17.7 Å². The van der Waals surface area contributed by atoms with Crippen LogP contribution in [0.5, 0.6) is 0 Å². The van der Waals surface area contributed by atoms with Gasteiger partial charge in [-0.1, -0.05) is 32.8 Å². The van der Waals surface area contributed by atoms with Gasteiger partial charge in [-0.05, 0) is 55.0 Å². The van der Waals surface area contributed by atoms with Crippen molar-refractivity contribution in [2.75, 3.05) is 5.32 Å². The molecule has 0 spiro atoms. The Kier molecular flexibility index (Phi) is 6.32. The van der Waals surface area contributed by atoms with Crippen molar-refractivity contribution in [3.63, 3.8) is 0 Å². The van der Waals surface area contributed by atoms with Crippen LogP contribution in [0.4, 0.5) is 5.69 Å². The summed E-state index contributed by atoms with van der Waals surface area (Å²) in [6.45, 7) is 6.48. The lowest BCUT2D eigenvalue weighted by Gasteiger charge is -2.29. The standard InChI is InChI=1S/C22H28N2O2S/c1-15(2)21(25)23-18-8-6-7-17(13-18)22(26)24(19-9-4-5-10-19)14-20-16(3)11-12-27-20/h6-8,11-13,15,19H,4-5,9-10,14H2,1-3H3,(H,23,25). The van der Waals surface area contributed by atoms with E-state index in [1.54, 1.807) is 17.4 Å². The Bertz CT molecular complexity index is 806. The third-order valence-electron chi connectivity index (χ3n) is 5.21. The van der Waals surface area contributed by atoms with E-state index in [2.05, 4.69) is 23.7 Å². The van der Waals surface area contributed by atoms with Crippen LogP contribution in [0.3, 0.4) is 0 Å². The van der Waals surface area contributed by atoms with Crippen molar-refractivity contribution in [3.05, 3.63) is 51.7 Å². The van der Waals surface area contributed by atoms with Crippen LogP contribution in [0.2, 0.25) is 0 Å². The maximum Gasteiger partial charge on any atom is 0.254 e. The van der Waals surface area contributed by atoms with Crippen molar-refractivity contribution in [2.24, 2.45) is 5.92 Å². The summed E-state index contributed by atoms with van der Waals surface area (Å²) >= 11 is 1.71. The van der Waals surface area contributed by atoms with Gasteiger partial charge in [-0.2, -0.15) is 0 Å². The molecule has 0 bridgehead atoms. The molecule has 2 aromatic rings. The Labute approximate surface area is 165 Å². The van der Waals surface area contributed by atoms with Crippen molar-refractivity contribution in [2.45, 2.75) is 59.0 Å². The van der Waals surface area contributed by atoms with Crippen molar-refractivity contribution in [1.82, 2.24) is 4.90 Å². The number of nitrogens with one attached hydrogen (secondary N) is 1. The second kappa shape index (κ2) is 8.70. The van der Waals surface area contributed by atoms with E-state index in [1.165, 1.54) is 23.3 Å². The van der Waals surface area contributed by atoms with Crippen LogP contribution in [0.15, 0.2) is 35.7 Å². The monoisotopic (exact) mass is 384 g/mol. The van der Waals surface area contributed by atoms with E-state index in [0.717, 1.165) is 12.8 Å². The number of carbonyl (C=O) groups excluding carboxylic acids is 2. The molecule has 1 aromatic heterocycles. The van der Waals surface area contributed by atoms with Crippen LogP contribution >= 0.6 is 11.3 Å². The summed E-state index contributed by atoms with van der Waals surface area (Å²) in [6.07, 6.45) is 4.50. The maximum absolute atomic E-state index is 13.4. The maximum atomic E-state index is 13.4. The topological polar surface area (TPSA) is 49.4 Å². The molecule has 1 aromatic carbocycles. The van der Waals surface area contributed by atoms with Gasteiger partial charge in [0.15, 0.2) is 0 Å². The van der Waals surface area contributed by atoms with Crippen molar-refractivity contribution < 1.29 is 9.59 Å². The third-order valence-corrected chi connectivity index (χ3v) is 6.22. The summed E-state index contributed by atoms with van der Waals surface area (Å²) in [5.41, 5.74) is 2.56. The van der Waals surface area contributed by atoms with Crippen LogP contribution in [0.1, 0.15) is 60.3 Å². The van der Waals surface area contributed by atoms with Crippen LogP contribution < -0.4 is 5.32 Å². The highest BCUT2D eigenvalue weighted by atomic mass is 32.1. The van der Waals surface area contributed by atoms with E-state index in [1.807, 2.05) is 36.9 Å². The summed E-state index contributed by atoms with van der Waals surface area (Å²) < 4.78 is 0. The predicted molar refractivity (Wildman–Crippen MR) is 111 cm³/mol. The van der Waals surface area contributed by atoms with Gasteiger partial charge < -0.3 is 10.2 Å². The molecule has 0 unspecified atom stereocenters. The number of hydrogen-bond donors (Lipinski definition) is 1. The first-order valence-corrected chi connectivity index (χ1v) is 10.6. The van der Waals surface area contributed by atoms with Gasteiger partial charge in [-0.15, -0.1) is 11.3 Å².